The van der Waals surface area contributed by atoms with Crippen molar-refractivity contribution in [3.8, 4) is 0 Å². The number of alkyl carbamates (subject to hydrolysis) is 1. The molecule has 0 unspecified atom stereocenters. The van der Waals surface area contributed by atoms with Crippen LogP contribution < -0.4 is 16.4 Å². The normalized spacial score (nSPS) is 14.0. The van der Waals surface area contributed by atoms with E-state index in [4.69, 9.17) is 19.9 Å². The number of rotatable bonds is 19. The van der Waals surface area contributed by atoms with Crippen LogP contribution in [0.5, 0.6) is 0 Å². The van der Waals surface area contributed by atoms with Crippen molar-refractivity contribution in [2.45, 2.75) is 75.8 Å². The van der Waals surface area contributed by atoms with Gasteiger partial charge in [0.2, 0.25) is 5.91 Å². The lowest BCUT2D eigenvalue weighted by atomic mass is 10.0. The van der Waals surface area contributed by atoms with E-state index in [0.717, 1.165) is 0 Å². The summed E-state index contributed by atoms with van der Waals surface area (Å²) in [5.41, 5.74) is -1.13. The summed E-state index contributed by atoms with van der Waals surface area (Å²) in [6.07, 6.45) is -19.4. The van der Waals surface area contributed by atoms with Crippen LogP contribution in [0.2, 0.25) is 0 Å². The van der Waals surface area contributed by atoms with Crippen LogP contribution in [-0.2, 0) is 28.5 Å². The van der Waals surface area contributed by atoms with E-state index in [1.165, 1.54) is 0 Å². The zero-order valence-corrected chi connectivity index (χ0v) is 23.4. The molecule has 0 saturated heterocycles. The number of carbonyl (C=O) groups is 2. The van der Waals surface area contributed by atoms with Crippen molar-refractivity contribution < 1.29 is 72.8 Å². The van der Waals surface area contributed by atoms with Crippen molar-refractivity contribution in [3.63, 3.8) is 0 Å². The predicted octanol–water partition coefficient (Wildman–Crippen LogP) is 3.62. The van der Waals surface area contributed by atoms with Crippen molar-refractivity contribution in [2.24, 2.45) is 5.73 Å². The number of unbranched alkanes of at least 4 members (excludes halogenated alkanes) is 1. The molecule has 0 aliphatic rings. The van der Waals surface area contributed by atoms with Gasteiger partial charge in [-0.25, -0.2) is 4.79 Å². The number of halogens is 9. The second-order valence-electron chi connectivity index (χ2n) is 9.68. The first-order valence-electron chi connectivity index (χ1n) is 12.7. The van der Waals surface area contributed by atoms with E-state index >= 15 is 0 Å². The summed E-state index contributed by atoms with van der Waals surface area (Å²) in [5.74, 6) is -0.394. The van der Waals surface area contributed by atoms with E-state index in [9.17, 15) is 49.1 Å². The Labute approximate surface area is 237 Å². The first-order valence-corrected chi connectivity index (χ1v) is 12.7. The number of nitrogens with one attached hydrogen (secondary N) is 2. The van der Waals surface area contributed by atoms with Crippen LogP contribution in [0.4, 0.5) is 44.3 Å². The number of hydrogen-bond donors (Lipinski definition) is 3. The largest absolute Gasteiger partial charge is 0.444 e. The molecule has 0 bridgehead atoms. The van der Waals surface area contributed by atoms with E-state index in [0.29, 0.717) is 25.8 Å². The Bertz CT molecular complexity index is 753. The van der Waals surface area contributed by atoms with E-state index in [2.05, 4.69) is 20.1 Å². The zero-order chi connectivity index (χ0) is 32.7. The smallest absolute Gasteiger partial charge is 0.435 e. The first kappa shape index (κ1) is 39.9. The summed E-state index contributed by atoms with van der Waals surface area (Å²) in [4.78, 5) is 23.5. The molecule has 0 aromatic rings. The lowest BCUT2D eigenvalue weighted by molar-refractivity contribution is -0.457. The number of carbonyl (C=O) groups excluding carboxylic acids is 2. The molecule has 19 heteroatoms. The molecule has 0 aromatic carbocycles. The lowest BCUT2D eigenvalue weighted by Gasteiger charge is -2.37. The van der Waals surface area contributed by atoms with E-state index in [-0.39, 0.29) is 39.6 Å². The van der Waals surface area contributed by atoms with Crippen LogP contribution in [0.25, 0.3) is 0 Å². The SMILES string of the molecule is CC(C)(C)OC(=O)NCCCC[C@H](N)C(=O)NCCOCCOCCOCCOC(C(F)(F)F)(C(F)(F)F)C(F)(F)F. The molecule has 1 atom stereocenters. The topological polar surface area (TPSA) is 130 Å². The molecule has 0 aliphatic heterocycles. The molecule has 0 saturated carbocycles. The molecule has 10 nitrogen and oxygen atoms in total. The van der Waals surface area contributed by atoms with Crippen molar-refractivity contribution in [1.29, 1.82) is 0 Å². The van der Waals surface area contributed by atoms with E-state index in [1.807, 2.05) is 0 Å². The molecule has 0 aliphatic carbocycles. The van der Waals surface area contributed by atoms with Crippen molar-refractivity contribution in [2.75, 3.05) is 59.3 Å². The summed E-state index contributed by atoms with van der Waals surface area (Å²) in [6.45, 7) is 2.73. The third kappa shape index (κ3) is 14.9. The summed E-state index contributed by atoms with van der Waals surface area (Å²) in [6, 6.07) is -0.757. The van der Waals surface area contributed by atoms with Gasteiger partial charge in [-0.05, 0) is 40.0 Å². The lowest BCUT2D eigenvalue weighted by Crippen LogP contribution is -2.68. The number of alkyl halides is 9. The Kier molecular flexibility index (Phi) is 17.0. The molecule has 250 valence electrons. The summed E-state index contributed by atoms with van der Waals surface area (Å²) in [7, 11) is 0. The van der Waals surface area contributed by atoms with Gasteiger partial charge in [0.05, 0.1) is 52.3 Å². The van der Waals surface area contributed by atoms with Crippen LogP contribution in [0, 0.1) is 0 Å². The molecule has 42 heavy (non-hydrogen) atoms. The molecule has 0 radical (unpaired) electrons. The van der Waals surface area contributed by atoms with Crippen molar-refractivity contribution in [1.82, 2.24) is 10.6 Å². The monoisotopic (exact) mass is 639 g/mol. The Hall–Kier alpha value is -2.09. The predicted molar refractivity (Wildman–Crippen MR) is 128 cm³/mol. The van der Waals surface area contributed by atoms with Gasteiger partial charge in [-0.2, -0.15) is 39.5 Å². The van der Waals surface area contributed by atoms with Crippen LogP contribution in [0.1, 0.15) is 40.0 Å². The van der Waals surface area contributed by atoms with Crippen LogP contribution in [0.3, 0.4) is 0 Å². The molecular formula is C23H38F9N3O7. The minimum atomic E-state index is -6.80. The Morgan fingerprint density at radius 1 is 0.667 bits per heavy atom. The molecule has 0 rings (SSSR count). The molecule has 0 heterocycles. The average Bonchev–Trinajstić information content (AvgIpc) is 2.80. The summed E-state index contributed by atoms with van der Waals surface area (Å²) < 4.78 is 138. The minimum absolute atomic E-state index is 0.00395. The molecule has 0 spiro atoms. The van der Waals surface area contributed by atoms with Gasteiger partial charge in [0.25, 0.3) is 0 Å². The second kappa shape index (κ2) is 17.9. The Balaban J connectivity index is 3.90. The van der Waals surface area contributed by atoms with Gasteiger partial charge in [0.15, 0.2) is 0 Å². The highest BCUT2D eigenvalue weighted by Gasteiger charge is 2.85. The fraction of sp³-hybridized carbons (Fsp3) is 0.913. The average molecular weight is 640 g/mol. The van der Waals surface area contributed by atoms with Gasteiger partial charge in [-0.3, -0.25) is 4.79 Å². The highest BCUT2D eigenvalue weighted by atomic mass is 19.4. The van der Waals surface area contributed by atoms with Crippen molar-refractivity contribution in [3.05, 3.63) is 0 Å². The Morgan fingerprint density at radius 2 is 1.12 bits per heavy atom. The van der Waals surface area contributed by atoms with Gasteiger partial charge in [0, 0.05) is 13.1 Å². The van der Waals surface area contributed by atoms with Crippen LogP contribution >= 0.6 is 0 Å². The molecular weight excluding hydrogens is 601 g/mol. The van der Waals surface area contributed by atoms with Crippen LogP contribution in [-0.4, -0.2) is 107 Å². The molecule has 2 amide bonds. The maximum atomic E-state index is 12.7. The second-order valence-corrected chi connectivity index (χ2v) is 9.68. The quantitative estimate of drug-likeness (QED) is 0.144. The van der Waals surface area contributed by atoms with Gasteiger partial charge in [0.1, 0.15) is 5.60 Å². The zero-order valence-electron chi connectivity index (χ0n) is 23.4. The number of amides is 2. The highest BCUT2D eigenvalue weighted by molar-refractivity contribution is 5.81. The summed E-state index contributed by atoms with van der Waals surface area (Å²) >= 11 is 0. The van der Waals surface area contributed by atoms with Gasteiger partial charge < -0.3 is 40.1 Å². The van der Waals surface area contributed by atoms with Gasteiger partial charge in [-0.15, -0.1) is 0 Å². The number of ether oxygens (including phenoxy) is 5. The van der Waals surface area contributed by atoms with Gasteiger partial charge >= 0.3 is 30.2 Å². The van der Waals surface area contributed by atoms with E-state index < -0.39 is 61.0 Å². The van der Waals surface area contributed by atoms with E-state index in [1.54, 1.807) is 20.8 Å². The molecule has 4 N–H and O–H groups in total. The third-order valence-electron chi connectivity index (χ3n) is 4.98. The standard InChI is InChI=1S/C23H38F9N3O7/c1-19(2,3)42-18(37)35-7-5-4-6-16(33)17(36)34-8-9-38-10-11-39-12-13-40-14-15-41-20(21(24,25)26,22(27,28)29)23(30,31)32/h16H,4-15,33H2,1-3H3,(H,34,36)(H,35,37)/t16-/m0/s1. The third-order valence-corrected chi connectivity index (χ3v) is 4.98. The highest BCUT2D eigenvalue weighted by Crippen LogP contribution is 2.54. The van der Waals surface area contributed by atoms with Crippen molar-refractivity contribution >= 4 is 12.0 Å². The Morgan fingerprint density at radius 3 is 1.57 bits per heavy atom. The maximum absolute atomic E-state index is 12.7. The molecule has 0 fully saturated rings. The molecule has 0 aromatic heterocycles. The first-order chi connectivity index (χ1) is 19.2. The summed E-state index contributed by atoms with van der Waals surface area (Å²) in [5, 5.41) is 5.17. The maximum Gasteiger partial charge on any atom is 0.435 e. The minimum Gasteiger partial charge on any atom is -0.444 e. The van der Waals surface area contributed by atoms with Crippen LogP contribution in [0.15, 0.2) is 0 Å². The number of hydrogen-bond acceptors (Lipinski definition) is 8. The van der Waals surface area contributed by atoms with Gasteiger partial charge in [-0.1, -0.05) is 0 Å². The number of nitrogens with two attached hydrogens (primary N) is 1. The fourth-order valence-corrected chi connectivity index (χ4v) is 3.03. The fourth-order valence-electron chi connectivity index (χ4n) is 3.03.